The summed E-state index contributed by atoms with van der Waals surface area (Å²) in [5, 5.41) is 2.83. The van der Waals surface area contributed by atoms with Gasteiger partial charge in [-0.1, -0.05) is 73.2 Å². The fraction of sp³-hybridized carbons (Fsp3) is 0.333. The predicted molar refractivity (Wildman–Crippen MR) is 153 cm³/mol. The SMILES string of the molecule is CCCNC(=O)[C@H](Cc1ccccc1)N(Cc1ccc(C)cc1)C(=O)CN(c1cccc(C(F)(F)F)c1)S(C)(=O)=O. The van der Waals surface area contributed by atoms with Gasteiger partial charge in [0.15, 0.2) is 0 Å². The van der Waals surface area contributed by atoms with Crippen LogP contribution in [0.5, 0.6) is 0 Å². The Morgan fingerprint density at radius 1 is 0.927 bits per heavy atom. The molecule has 0 aliphatic carbocycles. The van der Waals surface area contributed by atoms with Crippen LogP contribution in [0.15, 0.2) is 78.9 Å². The monoisotopic (exact) mass is 589 g/mol. The number of amides is 2. The van der Waals surface area contributed by atoms with Crippen LogP contribution in [0.1, 0.15) is 35.6 Å². The minimum absolute atomic E-state index is 0.0175. The van der Waals surface area contributed by atoms with Gasteiger partial charge in [-0.25, -0.2) is 8.42 Å². The summed E-state index contributed by atoms with van der Waals surface area (Å²) in [5.74, 6) is -1.15. The van der Waals surface area contributed by atoms with Gasteiger partial charge in [-0.05, 0) is 42.7 Å². The molecule has 0 saturated carbocycles. The van der Waals surface area contributed by atoms with Crippen LogP contribution in [0.4, 0.5) is 18.9 Å². The van der Waals surface area contributed by atoms with E-state index in [9.17, 15) is 31.2 Å². The predicted octanol–water partition coefficient (Wildman–Crippen LogP) is 4.95. The van der Waals surface area contributed by atoms with Crippen molar-refractivity contribution >= 4 is 27.5 Å². The summed E-state index contributed by atoms with van der Waals surface area (Å²) in [4.78, 5) is 28.7. The van der Waals surface area contributed by atoms with Crippen molar-refractivity contribution < 1.29 is 31.2 Å². The number of hydrogen-bond donors (Lipinski definition) is 1. The number of carbonyl (C=O) groups is 2. The third-order valence-electron chi connectivity index (χ3n) is 6.43. The van der Waals surface area contributed by atoms with Gasteiger partial charge in [0, 0.05) is 19.5 Å². The van der Waals surface area contributed by atoms with Gasteiger partial charge in [-0.2, -0.15) is 13.2 Å². The van der Waals surface area contributed by atoms with Gasteiger partial charge < -0.3 is 10.2 Å². The average Bonchev–Trinajstić information content (AvgIpc) is 2.92. The summed E-state index contributed by atoms with van der Waals surface area (Å²) in [5.41, 5.74) is 1.12. The molecule has 0 aliphatic heterocycles. The number of nitrogens with one attached hydrogen (secondary N) is 1. The molecule has 3 rings (SSSR count). The molecule has 0 spiro atoms. The van der Waals surface area contributed by atoms with Crippen LogP contribution in [0.2, 0.25) is 0 Å². The number of alkyl halides is 3. The number of sulfonamides is 1. The van der Waals surface area contributed by atoms with Crippen LogP contribution in [0.25, 0.3) is 0 Å². The van der Waals surface area contributed by atoms with Crippen LogP contribution in [-0.2, 0) is 38.8 Å². The second-order valence-electron chi connectivity index (χ2n) is 9.82. The molecule has 0 radical (unpaired) electrons. The standard InChI is InChI=1S/C30H34F3N3O4S/c1-4-17-34-29(38)27(18-23-9-6-5-7-10-23)35(20-24-15-13-22(2)14-16-24)28(37)21-36(41(3,39)40)26-12-8-11-25(19-26)30(31,32)33/h5-16,19,27H,4,17-18,20-21H2,1-3H3,(H,34,38)/t27-/m0/s1. The van der Waals surface area contributed by atoms with Crippen molar-refractivity contribution in [2.45, 2.75) is 45.5 Å². The third kappa shape index (κ3) is 9.07. The Labute approximate surface area is 239 Å². The minimum Gasteiger partial charge on any atom is -0.354 e. The Morgan fingerprint density at radius 3 is 2.17 bits per heavy atom. The summed E-state index contributed by atoms with van der Waals surface area (Å²) in [6.07, 6.45) is -3.08. The first-order chi connectivity index (χ1) is 19.3. The van der Waals surface area contributed by atoms with Crippen molar-refractivity contribution in [3.05, 3.63) is 101 Å². The van der Waals surface area contributed by atoms with E-state index in [2.05, 4.69) is 5.32 Å². The Morgan fingerprint density at radius 2 is 1.59 bits per heavy atom. The van der Waals surface area contributed by atoms with Crippen LogP contribution in [0.3, 0.4) is 0 Å². The fourth-order valence-corrected chi connectivity index (χ4v) is 5.10. The Bertz CT molecular complexity index is 1430. The molecule has 11 heteroatoms. The molecule has 3 aromatic carbocycles. The molecule has 220 valence electrons. The topological polar surface area (TPSA) is 86.8 Å². The van der Waals surface area contributed by atoms with Gasteiger partial charge in [-0.15, -0.1) is 0 Å². The largest absolute Gasteiger partial charge is 0.416 e. The first kappa shape index (κ1) is 31.7. The normalized spacial score (nSPS) is 12.4. The molecular weight excluding hydrogens is 555 g/mol. The number of benzene rings is 3. The van der Waals surface area contributed by atoms with Crippen LogP contribution < -0.4 is 9.62 Å². The quantitative estimate of drug-likeness (QED) is 0.324. The summed E-state index contributed by atoms with van der Waals surface area (Å²) < 4.78 is 66.4. The lowest BCUT2D eigenvalue weighted by molar-refractivity contribution is -0.140. The fourth-order valence-electron chi connectivity index (χ4n) is 4.26. The summed E-state index contributed by atoms with van der Waals surface area (Å²) >= 11 is 0. The van der Waals surface area contributed by atoms with Crippen molar-refractivity contribution in [3.8, 4) is 0 Å². The molecule has 2 amide bonds. The van der Waals surface area contributed by atoms with Gasteiger partial charge in [0.1, 0.15) is 12.6 Å². The molecule has 1 N–H and O–H groups in total. The van der Waals surface area contributed by atoms with Gasteiger partial charge in [-0.3, -0.25) is 13.9 Å². The Kier molecular flexibility index (Phi) is 10.6. The van der Waals surface area contributed by atoms with E-state index in [1.807, 2.05) is 56.3 Å². The van der Waals surface area contributed by atoms with E-state index in [0.717, 1.165) is 29.5 Å². The molecular formula is C30H34F3N3O4S. The highest BCUT2D eigenvalue weighted by Gasteiger charge is 2.35. The maximum absolute atomic E-state index is 14.0. The molecule has 0 unspecified atom stereocenters. The first-order valence-electron chi connectivity index (χ1n) is 13.1. The molecule has 0 bridgehead atoms. The van der Waals surface area contributed by atoms with Crippen molar-refractivity contribution in [1.82, 2.24) is 10.2 Å². The van der Waals surface area contributed by atoms with E-state index in [0.29, 0.717) is 28.9 Å². The van der Waals surface area contributed by atoms with Gasteiger partial charge in [0.25, 0.3) is 0 Å². The van der Waals surface area contributed by atoms with E-state index in [1.165, 1.54) is 11.0 Å². The lowest BCUT2D eigenvalue weighted by atomic mass is 10.0. The number of anilines is 1. The zero-order chi connectivity index (χ0) is 30.2. The van der Waals surface area contributed by atoms with Gasteiger partial charge in [0.05, 0.1) is 17.5 Å². The molecule has 41 heavy (non-hydrogen) atoms. The smallest absolute Gasteiger partial charge is 0.354 e. The van der Waals surface area contributed by atoms with E-state index in [1.54, 1.807) is 12.1 Å². The molecule has 0 aromatic heterocycles. The first-order valence-corrected chi connectivity index (χ1v) is 15.0. The second-order valence-corrected chi connectivity index (χ2v) is 11.7. The van der Waals surface area contributed by atoms with Crippen LogP contribution in [-0.4, -0.2) is 50.5 Å². The Balaban J connectivity index is 2.06. The molecule has 0 aliphatic rings. The third-order valence-corrected chi connectivity index (χ3v) is 7.58. The summed E-state index contributed by atoms with van der Waals surface area (Å²) in [7, 11) is -4.19. The highest BCUT2D eigenvalue weighted by molar-refractivity contribution is 7.92. The zero-order valence-corrected chi connectivity index (χ0v) is 24.0. The van der Waals surface area contributed by atoms with E-state index in [-0.39, 0.29) is 18.7 Å². The van der Waals surface area contributed by atoms with Crippen LogP contribution in [0, 0.1) is 6.92 Å². The van der Waals surface area contributed by atoms with Crippen molar-refractivity contribution in [3.63, 3.8) is 0 Å². The maximum atomic E-state index is 14.0. The summed E-state index contributed by atoms with van der Waals surface area (Å²) in [6, 6.07) is 19.2. The van der Waals surface area contributed by atoms with E-state index >= 15 is 0 Å². The van der Waals surface area contributed by atoms with Crippen molar-refractivity contribution in [1.29, 1.82) is 0 Å². The van der Waals surface area contributed by atoms with E-state index in [4.69, 9.17) is 0 Å². The molecule has 7 nitrogen and oxygen atoms in total. The van der Waals surface area contributed by atoms with Gasteiger partial charge in [0.2, 0.25) is 21.8 Å². The number of nitrogens with zero attached hydrogens (tertiary/aromatic N) is 2. The molecule has 0 heterocycles. The number of halogens is 3. The maximum Gasteiger partial charge on any atom is 0.416 e. The highest BCUT2D eigenvalue weighted by Crippen LogP contribution is 2.32. The van der Waals surface area contributed by atoms with Gasteiger partial charge >= 0.3 is 6.18 Å². The number of aryl methyl sites for hydroxylation is 1. The lowest BCUT2D eigenvalue weighted by Gasteiger charge is -2.33. The lowest BCUT2D eigenvalue weighted by Crippen LogP contribution is -2.53. The molecule has 3 aromatic rings. The average molecular weight is 590 g/mol. The van der Waals surface area contributed by atoms with Crippen molar-refractivity contribution in [2.24, 2.45) is 0 Å². The van der Waals surface area contributed by atoms with Crippen LogP contribution >= 0.6 is 0 Å². The molecule has 0 saturated heterocycles. The molecule has 1 atom stereocenters. The number of rotatable bonds is 12. The summed E-state index contributed by atoms with van der Waals surface area (Å²) in [6.45, 7) is 3.36. The second kappa shape index (κ2) is 13.7. The minimum atomic E-state index is -4.71. The number of carbonyl (C=O) groups excluding carboxylic acids is 2. The van der Waals surface area contributed by atoms with E-state index < -0.39 is 46.2 Å². The number of hydrogen-bond acceptors (Lipinski definition) is 4. The Hall–Kier alpha value is -3.86. The zero-order valence-electron chi connectivity index (χ0n) is 23.2. The molecule has 0 fully saturated rings. The van der Waals surface area contributed by atoms with Crippen molar-refractivity contribution in [2.75, 3.05) is 23.7 Å². The highest BCUT2D eigenvalue weighted by atomic mass is 32.2.